The minimum Gasteiger partial charge on any atom is -0.497 e. The van der Waals surface area contributed by atoms with Gasteiger partial charge in [-0.3, -0.25) is 4.99 Å². The molecule has 0 heterocycles. The van der Waals surface area contributed by atoms with Crippen LogP contribution in [-0.2, 0) is 0 Å². The van der Waals surface area contributed by atoms with Crippen molar-refractivity contribution in [3.05, 3.63) is 66.2 Å². The summed E-state index contributed by atoms with van der Waals surface area (Å²) in [7, 11) is 4.80. The Morgan fingerprint density at radius 3 is 2.52 bits per heavy atom. The topological polar surface area (TPSA) is 63.8 Å². The molecule has 2 rings (SSSR count). The van der Waals surface area contributed by atoms with Gasteiger partial charge in [0, 0.05) is 12.1 Å². The van der Waals surface area contributed by atoms with Gasteiger partial charge in [-0.2, -0.15) is 5.26 Å². The first-order valence-electron chi connectivity index (χ1n) is 9.30. The Morgan fingerprint density at radius 2 is 1.86 bits per heavy atom. The van der Waals surface area contributed by atoms with Crippen molar-refractivity contribution in [2.75, 3.05) is 27.9 Å². The monoisotopic (exact) mass is 390 g/mol. The molecule has 2 aromatic carbocycles. The lowest BCUT2D eigenvalue weighted by molar-refractivity contribution is 0.355. The summed E-state index contributed by atoms with van der Waals surface area (Å²) in [6, 6.07) is 15.5. The quantitative estimate of drug-likeness (QED) is 0.243. The molecule has 0 N–H and O–H groups in total. The first-order chi connectivity index (χ1) is 14.2. The predicted molar refractivity (Wildman–Crippen MR) is 118 cm³/mol. The normalized spacial score (nSPS) is 11.5. The standard InChI is InChI=1S/C24H26N2O3/c1-5-6-7-13-26-22(17-25)21(15-18-9-8-10-20(14-18)27-2)19-11-12-23(28-3)24(16-19)29-4/h5,8-12,14-16H,1,6-7,13H2,2-4H3. The van der Waals surface area contributed by atoms with Crippen molar-refractivity contribution in [2.24, 2.45) is 4.99 Å². The Kier molecular flexibility index (Phi) is 8.52. The van der Waals surface area contributed by atoms with Gasteiger partial charge in [0.2, 0.25) is 0 Å². The summed E-state index contributed by atoms with van der Waals surface area (Å²) in [6.45, 7) is 4.28. The zero-order valence-corrected chi connectivity index (χ0v) is 17.1. The van der Waals surface area contributed by atoms with E-state index in [1.807, 2.05) is 54.6 Å². The number of hydrogen-bond donors (Lipinski definition) is 0. The number of unbranched alkanes of at least 4 members (excludes halogenated alkanes) is 1. The van der Waals surface area contributed by atoms with Crippen molar-refractivity contribution in [3.63, 3.8) is 0 Å². The van der Waals surface area contributed by atoms with E-state index in [0.29, 0.717) is 29.3 Å². The number of ether oxygens (including phenoxy) is 3. The number of methoxy groups -OCH3 is 3. The molecular formula is C24H26N2O3. The van der Waals surface area contributed by atoms with E-state index in [1.165, 1.54) is 0 Å². The van der Waals surface area contributed by atoms with E-state index in [4.69, 9.17) is 14.2 Å². The molecule has 0 aromatic heterocycles. The number of aliphatic imine (C=N–C) groups is 1. The van der Waals surface area contributed by atoms with Crippen LogP contribution < -0.4 is 14.2 Å². The SMILES string of the molecule is C=CCCCN=C(C#N)C(=Cc1cccc(OC)c1)c1ccc(OC)c(OC)c1. The molecule has 0 aliphatic carbocycles. The minimum absolute atomic E-state index is 0.365. The molecule has 0 spiro atoms. The van der Waals surface area contributed by atoms with Crippen LogP contribution in [0.1, 0.15) is 24.0 Å². The first kappa shape index (κ1) is 21.8. The molecule has 0 amide bonds. The maximum Gasteiger partial charge on any atom is 0.161 e. The van der Waals surface area contributed by atoms with Gasteiger partial charge in [0.25, 0.3) is 0 Å². The van der Waals surface area contributed by atoms with Crippen LogP contribution in [0.2, 0.25) is 0 Å². The van der Waals surface area contributed by atoms with Crippen LogP contribution in [0.3, 0.4) is 0 Å². The van der Waals surface area contributed by atoms with Crippen LogP contribution in [0, 0.1) is 11.3 Å². The Hall–Kier alpha value is -3.52. The molecule has 0 saturated carbocycles. The van der Waals surface area contributed by atoms with Gasteiger partial charge in [-0.25, -0.2) is 0 Å². The number of nitrogens with zero attached hydrogens (tertiary/aromatic N) is 2. The zero-order valence-electron chi connectivity index (χ0n) is 17.1. The Balaban J connectivity index is 2.57. The average Bonchev–Trinajstić information content (AvgIpc) is 2.77. The summed E-state index contributed by atoms with van der Waals surface area (Å²) in [5.41, 5.74) is 2.79. The molecule has 0 unspecified atom stereocenters. The maximum absolute atomic E-state index is 9.80. The van der Waals surface area contributed by atoms with E-state index in [-0.39, 0.29) is 0 Å². The fraction of sp³-hybridized carbons (Fsp3) is 0.250. The highest BCUT2D eigenvalue weighted by Gasteiger charge is 2.14. The Morgan fingerprint density at radius 1 is 1.07 bits per heavy atom. The number of benzene rings is 2. The van der Waals surface area contributed by atoms with E-state index in [9.17, 15) is 5.26 Å². The van der Waals surface area contributed by atoms with Crippen LogP contribution in [0.4, 0.5) is 0 Å². The van der Waals surface area contributed by atoms with Crippen LogP contribution in [0.25, 0.3) is 11.6 Å². The molecule has 0 fully saturated rings. The summed E-state index contributed by atoms with van der Waals surface area (Å²) in [5, 5.41) is 9.80. The average molecular weight is 390 g/mol. The third kappa shape index (κ3) is 5.98. The molecule has 0 aliphatic heterocycles. The molecule has 2 aromatic rings. The molecule has 0 saturated heterocycles. The maximum atomic E-state index is 9.80. The van der Waals surface area contributed by atoms with Gasteiger partial charge in [-0.15, -0.1) is 6.58 Å². The summed E-state index contributed by atoms with van der Waals surface area (Å²) < 4.78 is 16.1. The lowest BCUT2D eigenvalue weighted by Crippen LogP contribution is -2.02. The van der Waals surface area contributed by atoms with Crippen molar-refractivity contribution in [3.8, 4) is 23.3 Å². The van der Waals surface area contributed by atoms with Crippen LogP contribution >= 0.6 is 0 Å². The molecule has 150 valence electrons. The lowest BCUT2D eigenvalue weighted by atomic mass is 9.98. The van der Waals surface area contributed by atoms with E-state index in [1.54, 1.807) is 21.3 Å². The van der Waals surface area contributed by atoms with Gasteiger partial charge >= 0.3 is 0 Å². The second kappa shape index (κ2) is 11.4. The summed E-state index contributed by atoms with van der Waals surface area (Å²) in [4.78, 5) is 4.53. The molecule has 5 heteroatoms. The van der Waals surface area contributed by atoms with E-state index < -0.39 is 0 Å². The highest BCUT2D eigenvalue weighted by atomic mass is 16.5. The van der Waals surface area contributed by atoms with Gasteiger partial charge in [0.1, 0.15) is 17.5 Å². The Labute approximate surface area is 172 Å². The summed E-state index contributed by atoms with van der Waals surface area (Å²) in [6.07, 6.45) is 5.47. The van der Waals surface area contributed by atoms with Gasteiger partial charge in [-0.1, -0.05) is 24.3 Å². The number of hydrogen-bond acceptors (Lipinski definition) is 5. The second-order valence-corrected chi connectivity index (χ2v) is 6.18. The molecule has 0 bridgehead atoms. The van der Waals surface area contributed by atoms with Crippen molar-refractivity contribution in [1.82, 2.24) is 0 Å². The molecule has 29 heavy (non-hydrogen) atoms. The first-order valence-corrected chi connectivity index (χ1v) is 9.30. The van der Waals surface area contributed by atoms with Gasteiger partial charge < -0.3 is 14.2 Å². The third-order valence-corrected chi connectivity index (χ3v) is 4.30. The van der Waals surface area contributed by atoms with Crippen LogP contribution in [-0.4, -0.2) is 33.6 Å². The fourth-order valence-corrected chi connectivity index (χ4v) is 2.80. The molecule has 0 radical (unpaired) electrons. The van der Waals surface area contributed by atoms with Crippen LogP contribution in [0.5, 0.6) is 17.2 Å². The highest BCUT2D eigenvalue weighted by Crippen LogP contribution is 2.32. The van der Waals surface area contributed by atoms with Crippen LogP contribution in [0.15, 0.2) is 60.1 Å². The summed E-state index contributed by atoms with van der Waals surface area (Å²) in [5.74, 6) is 1.95. The van der Waals surface area contributed by atoms with Crippen molar-refractivity contribution < 1.29 is 14.2 Å². The van der Waals surface area contributed by atoms with Gasteiger partial charge in [0.05, 0.1) is 21.3 Å². The largest absolute Gasteiger partial charge is 0.497 e. The van der Waals surface area contributed by atoms with E-state index >= 15 is 0 Å². The molecule has 0 aliphatic rings. The molecule has 0 atom stereocenters. The predicted octanol–water partition coefficient (Wildman–Crippen LogP) is 5.18. The molecular weight excluding hydrogens is 364 g/mol. The lowest BCUT2D eigenvalue weighted by Gasteiger charge is -2.12. The van der Waals surface area contributed by atoms with Gasteiger partial charge in [-0.05, 0) is 54.3 Å². The smallest absolute Gasteiger partial charge is 0.161 e. The molecule has 5 nitrogen and oxygen atoms in total. The van der Waals surface area contributed by atoms with E-state index in [0.717, 1.165) is 29.7 Å². The fourth-order valence-electron chi connectivity index (χ4n) is 2.80. The number of nitriles is 1. The number of allylic oxidation sites excluding steroid dienone is 2. The van der Waals surface area contributed by atoms with Gasteiger partial charge in [0.15, 0.2) is 11.5 Å². The minimum atomic E-state index is 0.365. The van der Waals surface area contributed by atoms with Crippen molar-refractivity contribution in [1.29, 1.82) is 5.26 Å². The number of rotatable bonds is 10. The third-order valence-electron chi connectivity index (χ3n) is 4.30. The highest BCUT2D eigenvalue weighted by molar-refractivity contribution is 6.34. The van der Waals surface area contributed by atoms with Crippen molar-refractivity contribution >= 4 is 17.4 Å². The van der Waals surface area contributed by atoms with Crippen molar-refractivity contribution in [2.45, 2.75) is 12.8 Å². The summed E-state index contributed by atoms with van der Waals surface area (Å²) >= 11 is 0. The zero-order chi connectivity index (χ0) is 21.1. The Bertz CT molecular complexity index is 939. The second-order valence-electron chi connectivity index (χ2n) is 6.18. The van der Waals surface area contributed by atoms with E-state index in [2.05, 4.69) is 17.6 Å².